The van der Waals surface area contributed by atoms with E-state index in [1.165, 1.54) is 14.2 Å². The summed E-state index contributed by atoms with van der Waals surface area (Å²) in [4.78, 5) is 21.7. The number of methoxy groups -OCH3 is 1. The lowest BCUT2D eigenvalue weighted by Gasteiger charge is -2.16. The van der Waals surface area contributed by atoms with Crippen LogP contribution in [-0.2, 0) is 24.3 Å². The highest BCUT2D eigenvalue weighted by Crippen LogP contribution is 2.02. The molecule has 0 fully saturated rings. The van der Waals surface area contributed by atoms with Crippen LogP contribution < -0.4 is 5.32 Å². The summed E-state index contributed by atoms with van der Waals surface area (Å²) in [5, 5.41) is 10.9. The van der Waals surface area contributed by atoms with Gasteiger partial charge in [0, 0.05) is 27.1 Å². The molecule has 0 spiro atoms. The molecule has 0 heterocycles. The number of aliphatic carboxylic acids is 1. The van der Waals surface area contributed by atoms with Gasteiger partial charge < -0.3 is 15.2 Å². The molecule has 0 saturated heterocycles. The molecule has 0 aromatic carbocycles. The normalized spacial score (nSPS) is 11.5. The summed E-state index contributed by atoms with van der Waals surface area (Å²) in [6.45, 7) is 0.363. The van der Waals surface area contributed by atoms with Crippen LogP contribution in [0.5, 0.6) is 0 Å². The van der Waals surface area contributed by atoms with E-state index >= 15 is 0 Å². The Morgan fingerprint density at radius 3 is 2.53 bits per heavy atom. The van der Waals surface area contributed by atoms with E-state index in [0.29, 0.717) is 13.2 Å². The summed E-state index contributed by atoms with van der Waals surface area (Å²) in [5.41, 5.74) is 0. The number of carbonyl (C=O) groups excluding carboxylic acids is 1. The van der Waals surface area contributed by atoms with Crippen LogP contribution >= 0.6 is 0 Å². The van der Waals surface area contributed by atoms with E-state index in [1.54, 1.807) is 0 Å². The van der Waals surface area contributed by atoms with Gasteiger partial charge >= 0.3 is 5.97 Å². The molecule has 112 valence electrons. The van der Waals surface area contributed by atoms with Crippen molar-refractivity contribution in [3.05, 3.63) is 0 Å². The summed E-state index contributed by atoms with van der Waals surface area (Å²) in [7, 11) is -0.829. The third-order valence-corrected chi connectivity index (χ3v) is 4.15. The van der Waals surface area contributed by atoms with E-state index in [1.807, 2.05) is 0 Å². The predicted octanol–water partition coefficient (Wildman–Crippen LogP) is -1.12. The number of amides is 1. The fourth-order valence-corrected chi connectivity index (χ4v) is 2.35. The van der Waals surface area contributed by atoms with Crippen molar-refractivity contribution < 1.29 is 27.9 Å². The fourth-order valence-electron chi connectivity index (χ4n) is 1.21. The largest absolute Gasteiger partial charge is 0.481 e. The third-order valence-electron chi connectivity index (χ3n) is 2.26. The second-order valence-corrected chi connectivity index (χ2v) is 6.11. The molecule has 19 heavy (non-hydrogen) atoms. The number of carboxylic acid groups (broad SMARTS) is 1. The first-order valence-corrected chi connectivity index (χ1v) is 7.32. The molecule has 2 N–H and O–H groups in total. The molecule has 8 nitrogen and oxygen atoms in total. The van der Waals surface area contributed by atoms with Gasteiger partial charge in [0.2, 0.25) is 15.9 Å². The molecule has 0 rings (SSSR count). The van der Waals surface area contributed by atoms with Crippen molar-refractivity contribution in [3.8, 4) is 0 Å². The standard InChI is InChI=1S/C10H20N2O6S/c1-12(8-9(13)11-5-6-18-2)19(16,17)7-3-4-10(14)15/h3-8H2,1-2H3,(H,11,13)(H,14,15). The number of ether oxygens (including phenoxy) is 1. The van der Waals surface area contributed by atoms with Gasteiger partial charge in [0.1, 0.15) is 0 Å². The molecule has 0 radical (unpaired) electrons. The zero-order valence-electron chi connectivity index (χ0n) is 11.1. The number of nitrogens with zero attached hydrogens (tertiary/aromatic N) is 1. The molecule has 1 amide bonds. The second kappa shape index (κ2) is 8.83. The number of hydrogen-bond donors (Lipinski definition) is 2. The summed E-state index contributed by atoms with van der Waals surface area (Å²) >= 11 is 0. The Morgan fingerprint density at radius 2 is 2.00 bits per heavy atom. The molecule has 0 aromatic rings. The number of nitrogens with one attached hydrogen (secondary N) is 1. The highest BCUT2D eigenvalue weighted by Gasteiger charge is 2.20. The number of carboxylic acids is 1. The first-order chi connectivity index (χ1) is 8.79. The highest BCUT2D eigenvalue weighted by atomic mass is 32.2. The molecule has 0 saturated carbocycles. The number of carbonyl (C=O) groups is 2. The molecular formula is C10H20N2O6S. The monoisotopic (exact) mass is 296 g/mol. The number of sulfonamides is 1. The summed E-state index contributed by atoms with van der Waals surface area (Å²) in [6, 6.07) is 0. The molecule has 9 heteroatoms. The van der Waals surface area contributed by atoms with Gasteiger partial charge in [0.05, 0.1) is 18.9 Å². The van der Waals surface area contributed by atoms with Crippen molar-refractivity contribution in [2.45, 2.75) is 12.8 Å². The van der Waals surface area contributed by atoms with Crippen LogP contribution in [-0.4, -0.2) is 69.3 Å². The minimum absolute atomic E-state index is 0.0211. The molecule has 0 atom stereocenters. The van der Waals surface area contributed by atoms with Crippen LogP contribution in [0.3, 0.4) is 0 Å². The van der Waals surface area contributed by atoms with Crippen LogP contribution in [0.1, 0.15) is 12.8 Å². The van der Waals surface area contributed by atoms with Gasteiger partial charge in [-0.05, 0) is 6.42 Å². The van der Waals surface area contributed by atoms with Crippen molar-refractivity contribution in [2.75, 3.05) is 39.6 Å². The Balaban J connectivity index is 4.12. The van der Waals surface area contributed by atoms with Gasteiger partial charge in [-0.3, -0.25) is 9.59 Å². The van der Waals surface area contributed by atoms with E-state index in [-0.39, 0.29) is 25.1 Å². The first kappa shape index (κ1) is 17.8. The zero-order chi connectivity index (χ0) is 14.9. The smallest absolute Gasteiger partial charge is 0.303 e. The van der Waals surface area contributed by atoms with Crippen LogP contribution in [0, 0.1) is 0 Å². The van der Waals surface area contributed by atoms with Crippen LogP contribution in [0.15, 0.2) is 0 Å². The Labute approximate surface area is 112 Å². The third kappa shape index (κ3) is 8.51. The second-order valence-electron chi connectivity index (χ2n) is 3.91. The van der Waals surface area contributed by atoms with Crippen molar-refractivity contribution in [2.24, 2.45) is 0 Å². The van der Waals surface area contributed by atoms with Crippen molar-refractivity contribution in [3.63, 3.8) is 0 Å². The fraction of sp³-hybridized carbons (Fsp3) is 0.800. The average molecular weight is 296 g/mol. The van der Waals surface area contributed by atoms with Gasteiger partial charge in [-0.2, -0.15) is 4.31 Å². The lowest BCUT2D eigenvalue weighted by molar-refractivity contribution is -0.137. The maximum atomic E-state index is 11.7. The van der Waals surface area contributed by atoms with E-state index in [9.17, 15) is 18.0 Å². The van der Waals surface area contributed by atoms with Crippen molar-refractivity contribution >= 4 is 21.9 Å². The molecule has 0 aliphatic rings. The molecule has 0 bridgehead atoms. The Bertz CT molecular complexity index is 395. The maximum Gasteiger partial charge on any atom is 0.303 e. The minimum atomic E-state index is -3.60. The van der Waals surface area contributed by atoms with Gasteiger partial charge in [0.15, 0.2) is 0 Å². The predicted molar refractivity (Wildman–Crippen MR) is 68.2 cm³/mol. The first-order valence-electron chi connectivity index (χ1n) is 5.71. The van der Waals surface area contributed by atoms with Gasteiger partial charge in [-0.25, -0.2) is 8.42 Å². The van der Waals surface area contributed by atoms with Crippen LogP contribution in [0.4, 0.5) is 0 Å². The quantitative estimate of drug-likeness (QED) is 0.493. The summed E-state index contributed by atoms with van der Waals surface area (Å²) in [5.74, 6) is -1.77. The zero-order valence-corrected chi connectivity index (χ0v) is 11.9. The van der Waals surface area contributed by atoms with E-state index < -0.39 is 21.9 Å². The van der Waals surface area contributed by atoms with Gasteiger partial charge in [-0.15, -0.1) is 0 Å². The van der Waals surface area contributed by atoms with Crippen molar-refractivity contribution in [1.29, 1.82) is 0 Å². The summed E-state index contributed by atoms with van der Waals surface area (Å²) in [6.07, 6.45) is -0.194. The molecule has 0 aromatic heterocycles. The van der Waals surface area contributed by atoms with E-state index in [4.69, 9.17) is 9.84 Å². The van der Waals surface area contributed by atoms with E-state index in [2.05, 4.69) is 5.32 Å². The average Bonchev–Trinajstić information content (AvgIpc) is 2.28. The Morgan fingerprint density at radius 1 is 1.37 bits per heavy atom. The summed E-state index contributed by atoms with van der Waals surface area (Å²) < 4.78 is 29.1. The maximum absolute atomic E-state index is 11.7. The highest BCUT2D eigenvalue weighted by molar-refractivity contribution is 7.89. The Kier molecular flexibility index (Phi) is 8.28. The lowest BCUT2D eigenvalue weighted by atomic mass is 10.3. The van der Waals surface area contributed by atoms with Crippen LogP contribution in [0.25, 0.3) is 0 Å². The molecular weight excluding hydrogens is 276 g/mol. The van der Waals surface area contributed by atoms with Crippen LogP contribution in [0.2, 0.25) is 0 Å². The van der Waals surface area contributed by atoms with Crippen molar-refractivity contribution in [1.82, 2.24) is 9.62 Å². The SMILES string of the molecule is COCCNC(=O)CN(C)S(=O)(=O)CCCC(=O)O. The Hall–Kier alpha value is -1.19. The lowest BCUT2D eigenvalue weighted by Crippen LogP contribution is -2.40. The van der Waals surface area contributed by atoms with Gasteiger partial charge in [-0.1, -0.05) is 0 Å². The number of likely N-dealkylation sites (N-methyl/N-ethyl adjacent to an activating group) is 1. The number of hydrogen-bond acceptors (Lipinski definition) is 5. The molecule has 0 aliphatic heterocycles. The van der Waals surface area contributed by atoms with Gasteiger partial charge in [0.25, 0.3) is 0 Å². The molecule has 0 aliphatic carbocycles. The van der Waals surface area contributed by atoms with E-state index in [0.717, 1.165) is 4.31 Å². The molecule has 0 unspecified atom stereocenters. The minimum Gasteiger partial charge on any atom is -0.481 e. The topological polar surface area (TPSA) is 113 Å². The number of rotatable bonds is 10.